The maximum atomic E-state index is 8.29. The smallest absolute Gasteiger partial charge is 0.116 e. The van der Waals surface area contributed by atoms with Gasteiger partial charge in [0.05, 0.1) is 26.4 Å². The molecule has 0 saturated heterocycles. The van der Waals surface area contributed by atoms with Gasteiger partial charge in [0.15, 0.2) is 0 Å². The van der Waals surface area contributed by atoms with Gasteiger partial charge in [0.1, 0.15) is 6.73 Å². The molecular formula is C9H21NO4. The van der Waals surface area contributed by atoms with E-state index in [4.69, 9.17) is 19.4 Å². The molecule has 0 aromatic heterocycles. The molecule has 86 valence electrons. The van der Waals surface area contributed by atoms with Crippen LogP contribution in [-0.2, 0) is 14.3 Å². The van der Waals surface area contributed by atoms with Crippen LogP contribution in [0.3, 0.4) is 0 Å². The van der Waals surface area contributed by atoms with Gasteiger partial charge >= 0.3 is 0 Å². The third kappa shape index (κ3) is 11.8. The van der Waals surface area contributed by atoms with Gasteiger partial charge in [0, 0.05) is 6.61 Å². The van der Waals surface area contributed by atoms with E-state index in [-0.39, 0.29) is 6.73 Å². The Labute approximate surface area is 85.3 Å². The van der Waals surface area contributed by atoms with Crippen LogP contribution in [0, 0.1) is 0 Å². The van der Waals surface area contributed by atoms with E-state index in [1.54, 1.807) is 0 Å². The summed E-state index contributed by atoms with van der Waals surface area (Å²) in [6, 6.07) is 0. The molecule has 0 aromatic rings. The second-order valence-corrected chi connectivity index (χ2v) is 2.73. The van der Waals surface area contributed by atoms with Gasteiger partial charge < -0.3 is 14.6 Å². The lowest BCUT2D eigenvalue weighted by atomic mass is 10.4. The maximum absolute atomic E-state index is 8.29. The highest BCUT2D eigenvalue weighted by Crippen LogP contribution is 1.87. The van der Waals surface area contributed by atoms with Gasteiger partial charge in [-0.1, -0.05) is 13.3 Å². The molecule has 0 spiro atoms. The summed E-state index contributed by atoms with van der Waals surface area (Å²) >= 11 is 0. The minimum atomic E-state index is -0.180. The third-order valence-electron chi connectivity index (χ3n) is 1.51. The summed E-state index contributed by atoms with van der Waals surface area (Å²) in [4.78, 5) is 4.76. The van der Waals surface area contributed by atoms with Crippen molar-refractivity contribution in [3.63, 3.8) is 0 Å². The SMILES string of the molecule is CCCCOCCOCCONCO. The van der Waals surface area contributed by atoms with Crippen LogP contribution in [-0.4, -0.2) is 44.9 Å². The van der Waals surface area contributed by atoms with Crippen molar-refractivity contribution in [2.24, 2.45) is 0 Å². The Balaban J connectivity index is 2.78. The van der Waals surface area contributed by atoms with Crippen molar-refractivity contribution in [3.8, 4) is 0 Å². The van der Waals surface area contributed by atoms with Gasteiger partial charge in [-0.25, -0.2) is 0 Å². The fourth-order valence-electron chi connectivity index (χ4n) is 0.787. The highest BCUT2D eigenvalue weighted by Gasteiger charge is 1.90. The van der Waals surface area contributed by atoms with E-state index in [2.05, 4.69) is 12.4 Å². The fourth-order valence-corrected chi connectivity index (χ4v) is 0.787. The zero-order valence-electron chi connectivity index (χ0n) is 8.83. The number of nitrogens with one attached hydrogen (secondary N) is 1. The maximum Gasteiger partial charge on any atom is 0.116 e. The Hall–Kier alpha value is -0.200. The molecule has 0 radical (unpaired) electrons. The van der Waals surface area contributed by atoms with Crippen LogP contribution in [0.4, 0.5) is 0 Å². The molecule has 5 heteroatoms. The van der Waals surface area contributed by atoms with E-state index in [1.165, 1.54) is 0 Å². The van der Waals surface area contributed by atoms with Gasteiger partial charge in [-0.15, -0.1) is 0 Å². The second-order valence-electron chi connectivity index (χ2n) is 2.73. The molecule has 0 bridgehead atoms. The first kappa shape index (κ1) is 13.8. The topological polar surface area (TPSA) is 60.0 Å². The normalized spacial score (nSPS) is 10.7. The predicted octanol–water partition coefficient (Wildman–Crippen LogP) is 0.291. The molecule has 0 saturated carbocycles. The average Bonchev–Trinajstić information content (AvgIpc) is 2.21. The summed E-state index contributed by atoms with van der Waals surface area (Å²) in [5.74, 6) is 0. The van der Waals surface area contributed by atoms with E-state index in [0.717, 1.165) is 19.4 Å². The van der Waals surface area contributed by atoms with Crippen molar-refractivity contribution in [2.45, 2.75) is 19.8 Å². The molecule has 0 heterocycles. The zero-order chi connectivity index (χ0) is 10.5. The second kappa shape index (κ2) is 12.8. The van der Waals surface area contributed by atoms with Gasteiger partial charge in [-0.05, 0) is 6.42 Å². The molecule has 2 N–H and O–H groups in total. The number of unbranched alkanes of at least 4 members (excludes halogenated alkanes) is 1. The standard InChI is InChI=1S/C9H21NO4/c1-2-3-4-12-5-6-13-7-8-14-10-9-11/h10-11H,2-9H2,1H3. The molecule has 0 rings (SSSR count). The van der Waals surface area contributed by atoms with Crippen molar-refractivity contribution < 1.29 is 19.4 Å². The molecule has 0 unspecified atom stereocenters. The highest BCUT2D eigenvalue weighted by molar-refractivity contribution is 4.34. The summed E-state index contributed by atoms with van der Waals surface area (Å²) in [7, 11) is 0. The number of hydrogen-bond donors (Lipinski definition) is 2. The molecule has 0 amide bonds. The molecule has 0 fully saturated rings. The van der Waals surface area contributed by atoms with Crippen molar-refractivity contribution >= 4 is 0 Å². The Bertz CT molecular complexity index is 90.8. The van der Waals surface area contributed by atoms with E-state index >= 15 is 0 Å². The molecular weight excluding hydrogens is 186 g/mol. The molecule has 0 aliphatic rings. The van der Waals surface area contributed by atoms with Crippen LogP contribution in [0.25, 0.3) is 0 Å². The highest BCUT2D eigenvalue weighted by atomic mass is 16.7. The number of hydrogen-bond acceptors (Lipinski definition) is 5. The van der Waals surface area contributed by atoms with Crippen LogP contribution in [0.15, 0.2) is 0 Å². The first-order valence-corrected chi connectivity index (χ1v) is 5.02. The minimum absolute atomic E-state index is 0.180. The summed E-state index contributed by atoms with van der Waals surface area (Å²) in [6.45, 7) is 4.91. The van der Waals surface area contributed by atoms with Crippen LogP contribution in [0.5, 0.6) is 0 Å². The number of ether oxygens (including phenoxy) is 2. The Kier molecular flexibility index (Phi) is 12.6. The average molecular weight is 207 g/mol. The molecule has 0 atom stereocenters. The van der Waals surface area contributed by atoms with Gasteiger partial charge in [-0.2, -0.15) is 5.48 Å². The van der Waals surface area contributed by atoms with E-state index in [9.17, 15) is 0 Å². The number of rotatable bonds is 11. The quantitative estimate of drug-likeness (QED) is 0.290. The van der Waals surface area contributed by atoms with Gasteiger partial charge in [0.25, 0.3) is 0 Å². The van der Waals surface area contributed by atoms with Crippen molar-refractivity contribution in [3.05, 3.63) is 0 Å². The minimum Gasteiger partial charge on any atom is -0.379 e. The third-order valence-corrected chi connectivity index (χ3v) is 1.51. The van der Waals surface area contributed by atoms with Crippen molar-refractivity contribution in [1.29, 1.82) is 0 Å². The summed E-state index contributed by atoms with van der Waals surface area (Å²) < 4.78 is 10.5. The number of hydroxylamine groups is 1. The Morgan fingerprint density at radius 3 is 2.29 bits per heavy atom. The summed E-state index contributed by atoms with van der Waals surface area (Å²) in [5, 5.41) is 8.29. The van der Waals surface area contributed by atoms with Crippen LogP contribution in [0.2, 0.25) is 0 Å². The number of aliphatic hydroxyl groups excluding tert-OH is 1. The van der Waals surface area contributed by atoms with E-state index < -0.39 is 0 Å². The lowest BCUT2D eigenvalue weighted by molar-refractivity contribution is -0.0412. The first-order chi connectivity index (χ1) is 6.91. The monoisotopic (exact) mass is 207 g/mol. The summed E-state index contributed by atoms with van der Waals surface area (Å²) in [6.07, 6.45) is 2.26. The lowest BCUT2D eigenvalue weighted by Gasteiger charge is -2.05. The van der Waals surface area contributed by atoms with Gasteiger partial charge in [-0.3, -0.25) is 4.84 Å². The molecule has 5 nitrogen and oxygen atoms in total. The van der Waals surface area contributed by atoms with Crippen LogP contribution >= 0.6 is 0 Å². The zero-order valence-corrected chi connectivity index (χ0v) is 8.83. The molecule has 0 aliphatic heterocycles. The number of aliphatic hydroxyl groups is 1. The first-order valence-electron chi connectivity index (χ1n) is 5.02. The van der Waals surface area contributed by atoms with Crippen LogP contribution < -0.4 is 5.48 Å². The Morgan fingerprint density at radius 2 is 1.64 bits per heavy atom. The largest absolute Gasteiger partial charge is 0.379 e. The Morgan fingerprint density at radius 1 is 1.00 bits per heavy atom. The van der Waals surface area contributed by atoms with Gasteiger partial charge in [0.2, 0.25) is 0 Å². The summed E-state index contributed by atoms with van der Waals surface area (Å²) in [5.41, 5.74) is 2.31. The fraction of sp³-hybridized carbons (Fsp3) is 1.00. The van der Waals surface area contributed by atoms with Crippen molar-refractivity contribution in [1.82, 2.24) is 5.48 Å². The van der Waals surface area contributed by atoms with E-state index in [1.807, 2.05) is 0 Å². The van der Waals surface area contributed by atoms with Crippen molar-refractivity contribution in [2.75, 3.05) is 39.8 Å². The van der Waals surface area contributed by atoms with E-state index in [0.29, 0.717) is 26.4 Å². The molecule has 0 aromatic carbocycles. The molecule has 0 aliphatic carbocycles. The van der Waals surface area contributed by atoms with Crippen LogP contribution in [0.1, 0.15) is 19.8 Å². The predicted molar refractivity (Wildman–Crippen MR) is 52.7 cm³/mol. The molecule has 14 heavy (non-hydrogen) atoms. The lowest BCUT2D eigenvalue weighted by Crippen LogP contribution is -2.19.